The number of nitrogens with two attached hydrogens (primary N) is 1. The number of fused-ring (bicyclic) bond motifs is 1. The first-order valence-electron chi connectivity index (χ1n) is 7.05. The van der Waals surface area contributed by atoms with Gasteiger partial charge in [0.05, 0.1) is 5.92 Å². The third-order valence-electron chi connectivity index (χ3n) is 3.69. The Hall–Kier alpha value is -2.82. The van der Waals surface area contributed by atoms with Crippen LogP contribution in [0.5, 0.6) is 5.75 Å². The molecule has 5 nitrogen and oxygen atoms in total. The van der Waals surface area contributed by atoms with E-state index in [-0.39, 0.29) is 11.8 Å². The van der Waals surface area contributed by atoms with Gasteiger partial charge in [-0.05, 0) is 42.3 Å². The predicted octanol–water partition coefficient (Wildman–Crippen LogP) is 1.98. The number of hydrogen-bond donors (Lipinski definition) is 2. The number of rotatable bonds is 3. The highest BCUT2D eigenvalue weighted by atomic mass is 16.5. The summed E-state index contributed by atoms with van der Waals surface area (Å²) in [5.41, 5.74) is 7.27. The Kier molecular flexibility index (Phi) is 3.78. The van der Waals surface area contributed by atoms with E-state index in [1.807, 2.05) is 24.3 Å². The van der Waals surface area contributed by atoms with Crippen LogP contribution in [0.3, 0.4) is 0 Å². The van der Waals surface area contributed by atoms with E-state index in [0.717, 1.165) is 11.3 Å². The Morgan fingerprint density at radius 3 is 2.55 bits per heavy atom. The number of anilines is 1. The lowest BCUT2D eigenvalue weighted by Gasteiger charge is -2.24. The summed E-state index contributed by atoms with van der Waals surface area (Å²) in [7, 11) is 0. The molecule has 0 spiro atoms. The standard InChI is InChI=1S/C17H16N2O3/c18-16(20)11-5-7-14(8-6-11)19-17(21)13-9-12-3-1-2-4-15(12)22-10-13/h1-8,13H,9-10H2,(H2,18,20)(H,19,21). The van der Waals surface area contributed by atoms with Gasteiger partial charge in [-0.1, -0.05) is 18.2 Å². The molecule has 0 saturated heterocycles. The smallest absolute Gasteiger partial charge is 0.248 e. The zero-order valence-electron chi connectivity index (χ0n) is 11.9. The fourth-order valence-corrected chi connectivity index (χ4v) is 2.46. The van der Waals surface area contributed by atoms with Gasteiger partial charge in [-0.15, -0.1) is 0 Å². The normalized spacial score (nSPS) is 16.3. The van der Waals surface area contributed by atoms with Gasteiger partial charge in [0.1, 0.15) is 12.4 Å². The molecule has 3 rings (SSSR count). The minimum atomic E-state index is -0.491. The van der Waals surface area contributed by atoms with Crippen LogP contribution in [0.25, 0.3) is 0 Å². The largest absolute Gasteiger partial charge is 0.492 e. The maximum atomic E-state index is 12.3. The number of primary amides is 1. The number of carbonyl (C=O) groups is 2. The average Bonchev–Trinajstić information content (AvgIpc) is 2.55. The molecule has 0 radical (unpaired) electrons. The molecule has 1 unspecified atom stereocenters. The summed E-state index contributed by atoms with van der Waals surface area (Å²) in [6.07, 6.45) is 0.654. The van der Waals surface area contributed by atoms with Crippen LogP contribution in [0.1, 0.15) is 15.9 Å². The molecule has 1 heterocycles. The van der Waals surface area contributed by atoms with Gasteiger partial charge >= 0.3 is 0 Å². The number of amides is 2. The van der Waals surface area contributed by atoms with Gasteiger partial charge in [-0.3, -0.25) is 9.59 Å². The Bertz CT molecular complexity index is 710. The number of para-hydroxylation sites is 1. The number of benzene rings is 2. The maximum absolute atomic E-state index is 12.3. The molecule has 0 aromatic heterocycles. The molecular weight excluding hydrogens is 280 g/mol. The summed E-state index contributed by atoms with van der Waals surface area (Å²) in [4.78, 5) is 23.3. The van der Waals surface area contributed by atoms with Crippen molar-refractivity contribution in [2.24, 2.45) is 11.7 Å². The van der Waals surface area contributed by atoms with Crippen molar-refractivity contribution < 1.29 is 14.3 Å². The fraction of sp³-hybridized carbons (Fsp3) is 0.176. The molecule has 3 N–H and O–H groups in total. The first-order chi connectivity index (χ1) is 10.6. The van der Waals surface area contributed by atoms with Crippen molar-refractivity contribution in [2.45, 2.75) is 6.42 Å². The first-order valence-corrected chi connectivity index (χ1v) is 7.05. The summed E-state index contributed by atoms with van der Waals surface area (Å²) in [6.45, 7) is 0.363. The van der Waals surface area contributed by atoms with Crippen LogP contribution >= 0.6 is 0 Å². The molecule has 0 fully saturated rings. The van der Waals surface area contributed by atoms with Crippen LogP contribution in [0.4, 0.5) is 5.69 Å². The van der Waals surface area contributed by atoms with Crippen molar-refractivity contribution in [2.75, 3.05) is 11.9 Å². The van der Waals surface area contributed by atoms with Gasteiger partial charge in [0.2, 0.25) is 11.8 Å². The molecular formula is C17H16N2O3. The highest BCUT2D eigenvalue weighted by Crippen LogP contribution is 2.27. The zero-order chi connectivity index (χ0) is 15.5. The van der Waals surface area contributed by atoms with Crippen molar-refractivity contribution in [1.29, 1.82) is 0 Å². The minimum absolute atomic E-state index is 0.0960. The molecule has 0 bridgehead atoms. The average molecular weight is 296 g/mol. The molecule has 112 valence electrons. The highest BCUT2D eigenvalue weighted by Gasteiger charge is 2.25. The van der Waals surface area contributed by atoms with Gasteiger partial charge in [0, 0.05) is 11.3 Å². The molecule has 22 heavy (non-hydrogen) atoms. The maximum Gasteiger partial charge on any atom is 0.248 e. The van der Waals surface area contributed by atoms with E-state index in [0.29, 0.717) is 24.3 Å². The highest BCUT2D eigenvalue weighted by molar-refractivity contribution is 5.95. The quantitative estimate of drug-likeness (QED) is 0.908. The van der Waals surface area contributed by atoms with E-state index in [2.05, 4.69) is 5.32 Å². The molecule has 5 heteroatoms. The number of carbonyl (C=O) groups excluding carboxylic acids is 2. The van der Waals surface area contributed by atoms with E-state index in [1.54, 1.807) is 24.3 Å². The van der Waals surface area contributed by atoms with Crippen LogP contribution < -0.4 is 15.8 Å². The molecule has 1 aliphatic heterocycles. The summed E-state index contributed by atoms with van der Waals surface area (Å²) in [6, 6.07) is 14.2. The third-order valence-corrected chi connectivity index (χ3v) is 3.69. The zero-order valence-corrected chi connectivity index (χ0v) is 11.9. The van der Waals surface area contributed by atoms with Crippen molar-refractivity contribution in [1.82, 2.24) is 0 Å². The van der Waals surface area contributed by atoms with E-state index >= 15 is 0 Å². The lowest BCUT2D eigenvalue weighted by molar-refractivity contribution is -0.121. The number of ether oxygens (including phenoxy) is 1. The van der Waals surface area contributed by atoms with Gasteiger partial charge in [0.25, 0.3) is 0 Å². The van der Waals surface area contributed by atoms with Gasteiger partial charge in [0.15, 0.2) is 0 Å². The van der Waals surface area contributed by atoms with Gasteiger partial charge < -0.3 is 15.8 Å². The number of nitrogens with one attached hydrogen (secondary N) is 1. The van der Waals surface area contributed by atoms with Crippen molar-refractivity contribution >= 4 is 17.5 Å². The Morgan fingerprint density at radius 1 is 1.09 bits per heavy atom. The predicted molar refractivity (Wildman–Crippen MR) is 82.7 cm³/mol. The third kappa shape index (κ3) is 2.93. The van der Waals surface area contributed by atoms with Crippen LogP contribution in [-0.2, 0) is 11.2 Å². The van der Waals surface area contributed by atoms with Crippen LogP contribution in [0, 0.1) is 5.92 Å². The molecule has 0 aliphatic carbocycles. The fourth-order valence-electron chi connectivity index (χ4n) is 2.46. The van der Waals surface area contributed by atoms with Crippen molar-refractivity contribution in [3.05, 3.63) is 59.7 Å². The van der Waals surface area contributed by atoms with Gasteiger partial charge in [-0.2, -0.15) is 0 Å². The molecule has 0 saturated carbocycles. The van der Waals surface area contributed by atoms with Crippen molar-refractivity contribution in [3.63, 3.8) is 0 Å². The Morgan fingerprint density at radius 2 is 1.82 bits per heavy atom. The van der Waals surface area contributed by atoms with E-state index in [9.17, 15) is 9.59 Å². The van der Waals surface area contributed by atoms with Crippen molar-refractivity contribution in [3.8, 4) is 5.75 Å². The van der Waals surface area contributed by atoms with Crippen LogP contribution in [-0.4, -0.2) is 18.4 Å². The van der Waals surface area contributed by atoms with E-state index in [4.69, 9.17) is 10.5 Å². The number of hydrogen-bond acceptors (Lipinski definition) is 3. The molecule has 1 atom stereocenters. The van der Waals surface area contributed by atoms with Gasteiger partial charge in [-0.25, -0.2) is 0 Å². The topological polar surface area (TPSA) is 81.4 Å². The summed E-state index contributed by atoms with van der Waals surface area (Å²) in [5.74, 6) is 0.0274. The molecule has 2 aromatic carbocycles. The molecule has 2 aromatic rings. The summed E-state index contributed by atoms with van der Waals surface area (Å²) >= 11 is 0. The van der Waals surface area contributed by atoms with Crippen LogP contribution in [0.15, 0.2) is 48.5 Å². The Labute approximate surface area is 128 Å². The van der Waals surface area contributed by atoms with Crippen LogP contribution in [0.2, 0.25) is 0 Å². The summed E-state index contributed by atoms with van der Waals surface area (Å²) in [5, 5.41) is 2.84. The second kappa shape index (κ2) is 5.89. The molecule has 2 amide bonds. The lowest BCUT2D eigenvalue weighted by atomic mass is 9.96. The van der Waals surface area contributed by atoms with E-state index in [1.165, 1.54) is 0 Å². The summed E-state index contributed by atoms with van der Waals surface area (Å²) < 4.78 is 5.62. The SMILES string of the molecule is NC(=O)c1ccc(NC(=O)C2COc3ccccc3C2)cc1. The minimum Gasteiger partial charge on any atom is -0.492 e. The lowest BCUT2D eigenvalue weighted by Crippen LogP contribution is -2.32. The second-order valence-corrected chi connectivity index (χ2v) is 5.25. The van der Waals surface area contributed by atoms with E-state index < -0.39 is 5.91 Å². The molecule has 1 aliphatic rings. The first kappa shape index (κ1) is 14.1. The second-order valence-electron chi connectivity index (χ2n) is 5.25. The Balaban J connectivity index is 1.66. The monoisotopic (exact) mass is 296 g/mol.